The van der Waals surface area contributed by atoms with Crippen LogP contribution in [0.25, 0.3) is 21.9 Å². The third-order valence-corrected chi connectivity index (χ3v) is 7.33. The molecule has 2 heterocycles. The van der Waals surface area contributed by atoms with Crippen LogP contribution in [0.2, 0.25) is 0 Å². The molecule has 1 unspecified atom stereocenters. The highest BCUT2D eigenvalue weighted by molar-refractivity contribution is 14.2. The summed E-state index contributed by atoms with van der Waals surface area (Å²) in [6.45, 7) is 1.83. The van der Waals surface area contributed by atoms with E-state index in [1.165, 1.54) is 27.3 Å². The molecule has 2 aromatic carbocycles. The first-order chi connectivity index (χ1) is 14.1. The molecular formula is C19H12BrF3IN5S. The van der Waals surface area contributed by atoms with Crippen LogP contribution in [0.1, 0.15) is 22.5 Å². The minimum atomic E-state index is -4.86. The Balaban J connectivity index is 2.09. The molecule has 4 aromatic rings. The Kier molecular flexibility index (Phi) is 5.32. The smallest absolute Gasteiger partial charge is 0.340 e. The van der Waals surface area contributed by atoms with Crippen LogP contribution in [-0.4, -0.2) is 20.1 Å². The second-order valence-electron chi connectivity index (χ2n) is 6.76. The Morgan fingerprint density at radius 3 is 2.67 bits per heavy atom. The van der Waals surface area contributed by atoms with Gasteiger partial charge in [-0.1, -0.05) is 15.9 Å². The summed E-state index contributed by atoms with van der Waals surface area (Å²) < 4.78 is 45.8. The molecule has 1 atom stereocenters. The molecule has 0 aliphatic rings. The van der Waals surface area contributed by atoms with Crippen molar-refractivity contribution in [1.82, 2.24) is 13.9 Å². The highest BCUT2D eigenvalue weighted by atomic mass is 127. The second kappa shape index (κ2) is 7.44. The third-order valence-electron chi connectivity index (χ3n) is 4.98. The van der Waals surface area contributed by atoms with E-state index in [4.69, 9.17) is 11.0 Å². The number of nitrogens with two attached hydrogens (primary N) is 1. The van der Waals surface area contributed by atoms with Crippen molar-refractivity contribution in [2.45, 2.75) is 18.6 Å². The Labute approximate surface area is 193 Å². The molecule has 0 saturated carbocycles. The van der Waals surface area contributed by atoms with Crippen LogP contribution >= 0.6 is 46.3 Å². The predicted molar refractivity (Wildman–Crippen MR) is 123 cm³/mol. The topological polar surface area (TPSA) is 83.4 Å². The number of alkyl halides is 3. The number of aryl methyl sites for hydroxylation is 1. The van der Waals surface area contributed by atoms with E-state index in [9.17, 15) is 13.2 Å². The lowest BCUT2D eigenvalue weighted by atomic mass is 9.86. The van der Waals surface area contributed by atoms with Gasteiger partial charge in [-0.25, -0.2) is 4.98 Å². The fourth-order valence-corrected chi connectivity index (χ4v) is 5.85. The average Bonchev–Trinajstić information content (AvgIpc) is 3.30. The van der Waals surface area contributed by atoms with Gasteiger partial charge in [0, 0.05) is 51.9 Å². The molecule has 0 aliphatic carbocycles. The Morgan fingerprint density at radius 2 is 2.03 bits per heavy atom. The van der Waals surface area contributed by atoms with Crippen LogP contribution in [0.5, 0.6) is 0 Å². The van der Waals surface area contributed by atoms with E-state index in [-0.39, 0.29) is 10.0 Å². The molecule has 0 radical (unpaired) electrons. The molecule has 30 heavy (non-hydrogen) atoms. The molecule has 0 amide bonds. The van der Waals surface area contributed by atoms with Crippen LogP contribution in [0, 0.1) is 18.3 Å². The number of fused-ring (bicyclic) bond motifs is 2. The van der Waals surface area contributed by atoms with Crippen molar-refractivity contribution in [2.75, 3.05) is 0 Å². The van der Waals surface area contributed by atoms with Gasteiger partial charge in [-0.05, 0) is 42.8 Å². The van der Waals surface area contributed by atoms with E-state index < -0.39 is 17.5 Å². The van der Waals surface area contributed by atoms with Crippen molar-refractivity contribution in [3.8, 4) is 6.07 Å². The van der Waals surface area contributed by atoms with E-state index in [1.807, 2.05) is 13.0 Å². The fourth-order valence-electron chi connectivity index (χ4n) is 3.58. The number of H-pyrrole nitrogens is 1. The number of nitrogens with one attached hydrogen (secondary N) is 1. The van der Waals surface area contributed by atoms with Gasteiger partial charge in [0.2, 0.25) is 0 Å². The first kappa shape index (κ1) is 21.5. The summed E-state index contributed by atoms with van der Waals surface area (Å²) in [7, 11) is 1.35. The Bertz CT molecular complexity index is 1340. The third kappa shape index (κ3) is 3.12. The molecule has 4 rings (SSSR count). The molecule has 0 aliphatic heterocycles. The number of hydrogen-bond donors (Lipinski definition) is 2. The van der Waals surface area contributed by atoms with Crippen LogP contribution in [0.3, 0.4) is 0 Å². The Morgan fingerprint density at radius 1 is 1.30 bits per heavy atom. The second-order valence-corrected chi connectivity index (χ2v) is 9.33. The molecule has 0 spiro atoms. The van der Waals surface area contributed by atoms with Crippen molar-refractivity contribution in [3.05, 3.63) is 63.5 Å². The van der Waals surface area contributed by atoms with Crippen LogP contribution in [-0.2, 0) is 5.54 Å². The van der Waals surface area contributed by atoms with Crippen molar-refractivity contribution in [3.63, 3.8) is 0 Å². The minimum absolute atomic E-state index is 0.126. The number of nitriles is 1. The van der Waals surface area contributed by atoms with Crippen LogP contribution in [0.15, 0.2) is 41.0 Å². The zero-order chi connectivity index (χ0) is 21.8. The van der Waals surface area contributed by atoms with Gasteiger partial charge in [0.25, 0.3) is 0 Å². The van der Waals surface area contributed by atoms with E-state index in [2.05, 4.69) is 47.1 Å². The van der Waals surface area contributed by atoms with Gasteiger partial charge >= 0.3 is 6.18 Å². The number of aromatic nitrogens is 3. The number of aromatic amines is 1. The summed E-state index contributed by atoms with van der Waals surface area (Å²) in [4.78, 5) is 6.86. The SMILES string of the molecule is Cc1cc(Br)c(C(N)(c2nc3ccc(C#N)cc3[nH]2)C(F)(F)F)c2ccn(SI)c12. The van der Waals surface area contributed by atoms with Gasteiger partial charge in [0.1, 0.15) is 5.82 Å². The van der Waals surface area contributed by atoms with E-state index in [0.717, 1.165) is 5.56 Å². The van der Waals surface area contributed by atoms with Crippen LogP contribution < -0.4 is 5.73 Å². The molecule has 0 bridgehead atoms. The van der Waals surface area contributed by atoms with Crippen LogP contribution in [0.4, 0.5) is 13.2 Å². The quantitative estimate of drug-likeness (QED) is 0.278. The maximum absolute atomic E-state index is 14.6. The monoisotopic (exact) mass is 605 g/mol. The summed E-state index contributed by atoms with van der Waals surface area (Å²) in [5.41, 5.74) is 5.52. The molecule has 154 valence electrons. The summed E-state index contributed by atoms with van der Waals surface area (Å²) >= 11 is 5.38. The molecule has 3 N–H and O–H groups in total. The van der Waals surface area contributed by atoms with Gasteiger partial charge in [-0.3, -0.25) is 3.97 Å². The lowest BCUT2D eigenvalue weighted by Gasteiger charge is -2.32. The summed E-state index contributed by atoms with van der Waals surface area (Å²) in [5.74, 6) is -0.444. The van der Waals surface area contributed by atoms with E-state index in [0.29, 0.717) is 27.5 Å². The van der Waals surface area contributed by atoms with Crippen molar-refractivity contribution >= 4 is 68.2 Å². The van der Waals surface area contributed by atoms with Crippen molar-refractivity contribution in [1.29, 1.82) is 5.26 Å². The molecule has 5 nitrogen and oxygen atoms in total. The summed E-state index contributed by atoms with van der Waals surface area (Å²) in [5, 5.41) is 9.46. The van der Waals surface area contributed by atoms with Crippen molar-refractivity contribution < 1.29 is 13.2 Å². The Hall–Kier alpha value is -1.75. The summed E-state index contributed by atoms with van der Waals surface area (Å²) in [6, 6.07) is 9.66. The normalized spacial score (nSPS) is 14.2. The summed E-state index contributed by atoms with van der Waals surface area (Å²) in [6.07, 6.45) is -3.15. The lowest BCUT2D eigenvalue weighted by molar-refractivity contribution is -0.178. The fraction of sp³-hybridized carbons (Fsp3) is 0.158. The predicted octanol–water partition coefficient (Wildman–Crippen LogP) is 6.07. The molecule has 11 heteroatoms. The first-order valence-electron chi connectivity index (χ1n) is 8.47. The maximum Gasteiger partial charge on any atom is 0.417 e. The molecule has 0 fully saturated rings. The number of rotatable bonds is 3. The van der Waals surface area contributed by atoms with Gasteiger partial charge in [0.15, 0.2) is 5.54 Å². The number of hydrogen-bond acceptors (Lipinski definition) is 4. The zero-order valence-corrected chi connectivity index (χ0v) is 19.7. The standard InChI is InChI=1S/C19H12BrF3IN5S/c1-9-6-12(20)15(11-4-5-29(30-24)16(9)11)18(26,19(21,22)23)17-27-13-3-2-10(8-25)7-14(13)28-17/h2-7H,26H2,1H3,(H,27,28). The van der Waals surface area contributed by atoms with E-state index in [1.54, 1.807) is 22.3 Å². The zero-order valence-electron chi connectivity index (χ0n) is 15.2. The average molecular weight is 606 g/mol. The van der Waals surface area contributed by atoms with Crippen molar-refractivity contribution in [2.24, 2.45) is 5.73 Å². The maximum atomic E-state index is 14.6. The first-order valence-corrected chi connectivity index (χ1v) is 12.6. The highest BCUT2D eigenvalue weighted by Gasteiger charge is 2.58. The number of nitrogens with zero attached hydrogens (tertiary/aromatic N) is 3. The lowest BCUT2D eigenvalue weighted by Crippen LogP contribution is -2.52. The van der Waals surface area contributed by atoms with Gasteiger partial charge < -0.3 is 10.7 Å². The number of halogens is 5. The minimum Gasteiger partial charge on any atom is -0.340 e. The molecule has 0 saturated heterocycles. The highest BCUT2D eigenvalue weighted by Crippen LogP contribution is 2.48. The molecular weight excluding hydrogens is 594 g/mol. The molecule has 2 aromatic heterocycles. The van der Waals surface area contributed by atoms with Gasteiger partial charge in [-0.2, -0.15) is 18.4 Å². The van der Waals surface area contributed by atoms with E-state index >= 15 is 0 Å². The number of benzene rings is 2. The van der Waals surface area contributed by atoms with Gasteiger partial charge in [-0.15, -0.1) is 0 Å². The largest absolute Gasteiger partial charge is 0.417 e. The van der Waals surface area contributed by atoms with Gasteiger partial charge in [0.05, 0.1) is 28.2 Å². The number of imidazole rings is 1.